The number of nitrogens with one attached hydrogen (secondary N) is 1. The average Bonchev–Trinajstić information content (AvgIpc) is 2.71. The molecular formula is C16H22ClN3O2. The molecule has 6 heteroatoms. The van der Waals surface area contributed by atoms with Crippen molar-refractivity contribution in [2.45, 2.75) is 32.4 Å². The molecule has 1 aromatic carbocycles. The van der Waals surface area contributed by atoms with Crippen LogP contribution in [0.4, 0.5) is 4.79 Å². The number of ether oxygens (including phenoxy) is 1. The Morgan fingerprint density at radius 1 is 1.45 bits per heavy atom. The molecule has 0 saturated carbocycles. The largest absolute Gasteiger partial charge is 0.444 e. The van der Waals surface area contributed by atoms with Gasteiger partial charge < -0.3 is 20.4 Å². The molecule has 120 valence electrons. The van der Waals surface area contributed by atoms with Crippen LogP contribution < -0.4 is 11.1 Å². The first-order valence-corrected chi connectivity index (χ1v) is 7.52. The van der Waals surface area contributed by atoms with Crippen molar-refractivity contribution < 1.29 is 9.53 Å². The second-order valence-corrected chi connectivity index (χ2v) is 6.78. The summed E-state index contributed by atoms with van der Waals surface area (Å²) >= 11 is 6.03. The fourth-order valence-electron chi connectivity index (χ4n) is 2.30. The van der Waals surface area contributed by atoms with E-state index in [0.29, 0.717) is 11.6 Å². The number of carbonyl (C=O) groups is 1. The van der Waals surface area contributed by atoms with E-state index in [1.807, 2.05) is 56.8 Å². The molecule has 1 heterocycles. The van der Waals surface area contributed by atoms with E-state index in [0.717, 1.165) is 16.5 Å². The van der Waals surface area contributed by atoms with Gasteiger partial charge in [0.15, 0.2) is 0 Å². The van der Waals surface area contributed by atoms with E-state index in [1.165, 1.54) is 0 Å². The lowest BCUT2D eigenvalue weighted by molar-refractivity contribution is 0.0524. The van der Waals surface area contributed by atoms with E-state index in [1.54, 1.807) is 0 Å². The van der Waals surface area contributed by atoms with Gasteiger partial charge in [0.25, 0.3) is 0 Å². The molecule has 0 aliphatic heterocycles. The monoisotopic (exact) mass is 323 g/mol. The highest BCUT2D eigenvalue weighted by atomic mass is 35.5. The summed E-state index contributed by atoms with van der Waals surface area (Å²) in [5, 5.41) is 4.42. The summed E-state index contributed by atoms with van der Waals surface area (Å²) in [6, 6.07) is 5.35. The fourth-order valence-corrected chi connectivity index (χ4v) is 2.47. The minimum Gasteiger partial charge on any atom is -0.444 e. The maximum atomic E-state index is 11.7. The Hall–Kier alpha value is -1.72. The Balaban J connectivity index is 2.10. The van der Waals surface area contributed by atoms with Gasteiger partial charge in [0, 0.05) is 41.8 Å². The number of benzene rings is 1. The Kier molecular flexibility index (Phi) is 4.68. The summed E-state index contributed by atoms with van der Waals surface area (Å²) in [6.07, 6.45) is 1.49. The zero-order valence-electron chi connectivity index (χ0n) is 13.3. The molecule has 0 spiro atoms. The first-order valence-electron chi connectivity index (χ1n) is 7.14. The highest BCUT2D eigenvalue weighted by Gasteiger charge is 2.18. The third-order valence-electron chi connectivity index (χ3n) is 3.25. The number of carbonyl (C=O) groups excluding carboxylic acids is 1. The average molecular weight is 324 g/mol. The third-order valence-corrected chi connectivity index (χ3v) is 3.48. The number of amides is 1. The van der Waals surface area contributed by atoms with Gasteiger partial charge in [0.2, 0.25) is 0 Å². The molecule has 1 aromatic heterocycles. The van der Waals surface area contributed by atoms with Crippen LogP contribution in [-0.2, 0) is 11.8 Å². The molecule has 2 aromatic rings. The van der Waals surface area contributed by atoms with E-state index in [4.69, 9.17) is 22.1 Å². The van der Waals surface area contributed by atoms with Crippen molar-refractivity contribution in [2.24, 2.45) is 12.8 Å². The quantitative estimate of drug-likeness (QED) is 0.910. The van der Waals surface area contributed by atoms with Gasteiger partial charge in [0.1, 0.15) is 5.60 Å². The van der Waals surface area contributed by atoms with Crippen molar-refractivity contribution in [1.29, 1.82) is 0 Å². The number of halogens is 1. The molecule has 0 bridgehead atoms. The van der Waals surface area contributed by atoms with E-state index in [2.05, 4.69) is 5.32 Å². The van der Waals surface area contributed by atoms with Crippen LogP contribution in [0, 0.1) is 0 Å². The van der Waals surface area contributed by atoms with E-state index < -0.39 is 11.7 Å². The molecule has 22 heavy (non-hydrogen) atoms. The maximum Gasteiger partial charge on any atom is 0.407 e. The van der Waals surface area contributed by atoms with E-state index in [9.17, 15) is 4.79 Å². The number of nitrogens with two attached hydrogens (primary N) is 1. The zero-order chi connectivity index (χ0) is 16.5. The Bertz CT molecular complexity index is 688. The number of nitrogens with zero attached hydrogens (tertiary/aromatic N) is 1. The maximum absolute atomic E-state index is 11.7. The van der Waals surface area contributed by atoms with Crippen molar-refractivity contribution in [3.8, 4) is 0 Å². The minimum atomic E-state index is -0.523. The van der Waals surface area contributed by atoms with Crippen molar-refractivity contribution >= 4 is 28.6 Å². The topological polar surface area (TPSA) is 69.3 Å². The van der Waals surface area contributed by atoms with Gasteiger partial charge in [-0.1, -0.05) is 17.7 Å². The van der Waals surface area contributed by atoms with Crippen molar-refractivity contribution in [2.75, 3.05) is 6.54 Å². The van der Waals surface area contributed by atoms with Gasteiger partial charge in [-0.15, -0.1) is 0 Å². The zero-order valence-corrected chi connectivity index (χ0v) is 14.1. The van der Waals surface area contributed by atoms with Gasteiger partial charge in [-0.25, -0.2) is 4.79 Å². The van der Waals surface area contributed by atoms with Gasteiger partial charge in [0.05, 0.1) is 0 Å². The van der Waals surface area contributed by atoms with Crippen LogP contribution in [0.3, 0.4) is 0 Å². The van der Waals surface area contributed by atoms with Crippen LogP contribution in [0.2, 0.25) is 5.02 Å². The first kappa shape index (κ1) is 16.6. The molecule has 0 aliphatic rings. The summed E-state index contributed by atoms with van der Waals surface area (Å²) < 4.78 is 7.18. The second kappa shape index (κ2) is 6.18. The Labute approximate surface area is 135 Å². The van der Waals surface area contributed by atoms with E-state index in [-0.39, 0.29) is 6.04 Å². The Morgan fingerprint density at radius 3 is 2.77 bits per heavy atom. The molecular weight excluding hydrogens is 302 g/mol. The highest BCUT2D eigenvalue weighted by Crippen LogP contribution is 2.27. The van der Waals surface area contributed by atoms with Gasteiger partial charge in [-0.2, -0.15) is 0 Å². The lowest BCUT2D eigenvalue weighted by atomic mass is 10.1. The molecule has 2 rings (SSSR count). The Morgan fingerprint density at radius 2 is 2.14 bits per heavy atom. The van der Waals surface area contributed by atoms with Gasteiger partial charge in [-0.3, -0.25) is 0 Å². The summed E-state index contributed by atoms with van der Waals surface area (Å²) in [6.45, 7) is 5.76. The number of aromatic nitrogens is 1. The van der Waals surface area contributed by atoms with Crippen LogP contribution >= 0.6 is 11.6 Å². The number of rotatable bonds is 3. The standard InChI is InChI=1S/C16H22ClN3O2/c1-16(2,3)22-15(21)19-8-13(18)12-9-20(4)14-7-10(17)5-6-11(12)14/h5-7,9,13H,8,18H2,1-4H3,(H,19,21). The molecule has 1 amide bonds. The predicted octanol–water partition coefficient (Wildman–Crippen LogP) is 3.36. The fraction of sp³-hybridized carbons (Fsp3) is 0.438. The molecule has 1 unspecified atom stereocenters. The normalized spacial score (nSPS) is 13.2. The molecule has 0 fully saturated rings. The third kappa shape index (κ3) is 3.93. The predicted molar refractivity (Wildman–Crippen MR) is 89.1 cm³/mol. The summed E-state index contributed by atoms with van der Waals surface area (Å²) in [5.41, 5.74) is 7.66. The highest BCUT2D eigenvalue weighted by molar-refractivity contribution is 6.31. The molecule has 0 saturated heterocycles. The number of fused-ring (bicyclic) bond motifs is 1. The van der Waals surface area contributed by atoms with Crippen LogP contribution in [0.25, 0.3) is 10.9 Å². The van der Waals surface area contributed by atoms with Crippen molar-refractivity contribution in [3.63, 3.8) is 0 Å². The SMILES string of the molecule is Cn1cc(C(N)CNC(=O)OC(C)(C)C)c2ccc(Cl)cc21. The molecule has 0 aliphatic carbocycles. The van der Waals surface area contributed by atoms with Gasteiger partial charge >= 0.3 is 6.09 Å². The summed E-state index contributed by atoms with van der Waals surface area (Å²) in [4.78, 5) is 11.7. The number of hydrogen-bond donors (Lipinski definition) is 2. The first-order chi connectivity index (χ1) is 10.2. The molecule has 5 nitrogen and oxygen atoms in total. The molecule has 3 N–H and O–H groups in total. The number of aryl methyl sites for hydroxylation is 1. The van der Waals surface area contributed by atoms with Crippen molar-refractivity contribution in [1.82, 2.24) is 9.88 Å². The van der Waals surface area contributed by atoms with Crippen LogP contribution in [0.1, 0.15) is 32.4 Å². The lowest BCUT2D eigenvalue weighted by Gasteiger charge is -2.20. The van der Waals surface area contributed by atoms with Crippen molar-refractivity contribution in [3.05, 3.63) is 35.0 Å². The second-order valence-electron chi connectivity index (χ2n) is 6.35. The minimum absolute atomic E-state index is 0.302. The summed E-state index contributed by atoms with van der Waals surface area (Å²) in [5.74, 6) is 0. The molecule has 1 atom stereocenters. The smallest absolute Gasteiger partial charge is 0.407 e. The molecule has 0 radical (unpaired) electrons. The van der Waals surface area contributed by atoms with E-state index >= 15 is 0 Å². The summed E-state index contributed by atoms with van der Waals surface area (Å²) in [7, 11) is 1.94. The lowest BCUT2D eigenvalue weighted by Crippen LogP contribution is -2.36. The van der Waals surface area contributed by atoms with Gasteiger partial charge in [-0.05, 0) is 38.5 Å². The number of hydrogen-bond acceptors (Lipinski definition) is 3. The number of alkyl carbamates (subject to hydrolysis) is 1. The van der Waals surface area contributed by atoms with Crippen LogP contribution in [0.15, 0.2) is 24.4 Å². The van der Waals surface area contributed by atoms with Crippen LogP contribution in [0.5, 0.6) is 0 Å². The van der Waals surface area contributed by atoms with Crippen LogP contribution in [-0.4, -0.2) is 22.8 Å².